The first-order valence-electron chi connectivity index (χ1n) is 10.8. The SMILES string of the molecule is CC1CN(CC(=O)NC2CCCCC2)CCC1(C)c1cccc(NS(C)(=O)=O)c1. The van der Waals surface area contributed by atoms with Crippen LogP contribution in [0.2, 0.25) is 0 Å². The first-order chi connectivity index (χ1) is 13.7. The highest BCUT2D eigenvalue weighted by atomic mass is 32.2. The van der Waals surface area contributed by atoms with Crippen LogP contribution >= 0.6 is 0 Å². The Hall–Kier alpha value is -1.60. The molecule has 1 aliphatic carbocycles. The first kappa shape index (κ1) is 22.1. The molecular weight excluding hydrogens is 386 g/mol. The molecule has 1 saturated carbocycles. The fraction of sp³-hybridized carbons (Fsp3) is 0.682. The Morgan fingerprint density at radius 2 is 1.97 bits per heavy atom. The topological polar surface area (TPSA) is 78.5 Å². The standard InChI is InChI=1S/C22H35N3O3S/c1-17-15-25(16-21(26)23-19-9-5-4-6-10-19)13-12-22(17,2)18-8-7-11-20(14-18)24-29(3,27)28/h7-8,11,14,17,19,24H,4-6,9-10,12-13,15-16H2,1-3H3,(H,23,26). The van der Waals surface area contributed by atoms with Crippen LogP contribution in [0.1, 0.15) is 57.9 Å². The molecule has 0 radical (unpaired) electrons. The number of amides is 1. The number of sulfonamides is 1. The van der Waals surface area contributed by atoms with Gasteiger partial charge in [0.25, 0.3) is 0 Å². The third-order valence-electron chi connectivity index (χ3n) is 6.73. The Morgan fingerprint density at radius 3 is 2.62 bits per heavy atom. The van der Waals surface area contributed by atoms with Crippen LogP contribution in [0.5, 0.6) is 0 Å². The van der Waals surface area contributed by atoms with Crippen molar-refractivity contribution < 1.29 is 13.2 Å². The Morgan fingerprint density at radius 1 is 1.24 bits per heavy atom. The summed E-state index contributed by atoms with van der Waals surface area (Å²) in [5.74, 6) is 0.499. The fourth-order valence-corrected chi connectivity index (χ4v) is 5.32. The maximum absolute atomic E-state index is 12.5. The molecule has 162 valence electrons. The normalized spacial score (nSPS) is 26.8. The fourth-order valence-electron chi connectivity index (χ4n) is 4.76. The number of anilines is 1. The van der Waals surface area contributed by atoms with Gasteiger partial charge in [0, 0.05) is 18.3 Å². The Balaban J connectivity index is 1.60. The number of nitrogens with zero attached hydrogens (tertiary/aromatic N) is 1. The van der Waals surface area contributed by atoms with Gasteiger partial charge in [0.15, 0.2) is 0 Å². The lowest BCUT2D eigenvalue weighted by atomic mass is 9.68. The minimum Gasteiger partial charge on any atom is -0.352 e. The van der Waals surface area contributed by atoms with Gasteiger partial charge in [0.05, 0.1) is 12.8 Å². The lowest BCUT2D eigenvalue weighted by molar-refractivity contribution is -0.123. The third kappa shape index (κ3) is 5.95. The monoisotopic (exact) mass is 421 g/mol. The Bertz CT molecular complexity index is 820. The largest absolute Gasteiger partial charge is 0.352 e. The van der Waals surface area contributed by atoms with Gasteiger partial charge in [0.1, 0.15) is 0 Å². The van der Waals surface area contributed by atoms with E-state index in [0.717, 1.165) is 37.9 Å². The van der Waals surface area contributed by atoms with Crippen LogP contribution in [0.25, 0.3) is 0 Å². The average Bonchev–Trinajstić information content (AvgIpc) is 2.64. The maximum atomic E-state index is 12.5. The summed E-state index contributed by atoms with van der Waals surface area (Å²) in [6.07, 6.45) is 8.05. The predicted molar refractivity (Wildman–Crippen MR) is 117 cm³/mol. The van der Waals surface area contributed by atoms with E-state index in [0.29, 0.717) is 24.2 Å². The van der Waals surface area contributed by atoms with Crippen molar-refractivity contribution in [1.82, 2.24) is 10.2 Å². The molecule has 1 amide bonds. The highest BCUT2D eigenvalue weighted by Gasteiger charge is 2.38. The highest BCUT2D eigenvalue weighted by Crippen LogP contribution is 2.40. The quantitative estimate of drug-likeness (QED) is 0.740. The van der Waals surface area contributed by atoms with E-state index >= 15 is 0 Å². The van der Waals surface area contributed by atoms with Crippen LogP contribution in [0.3, 0.4) is 0 Å². The summed E-state index contributed by atoms with van der Waals surface area (Å²) >= 11 is 0. The number of hydrogen-bond donors (Lipinski definition) is 2. The van der Waals surface area contributed by atoms with Crippen molar-refractivity contribution in [2.75, 3.05) is 30.6 Å². The molecule has 1 aromatic carbocycles. The van der Waals surface area contributed by atoms with Crippen molar-refractivity contribution in [2.45, 2.75) is 63.8 Å². The number of likely N-dealkylation sites (tertiary alicyclic amines) is 1. The lowest BCUT2D eigenvalue weighted by Crippen LogP contribution is -2.51. The van der Waals surface area contributed by atoms with Crippen molar-refractivity contribution in [3.05, 3.63) is 29.8 Å². The lowest BCUT2D eigenvalue weighted by Gasteiger charge is -2.45. The second-order valence-electron chi connectivity index (χ2n) is 9.16. The molecule has 1 aliphatic heterocycles. The predicted octanol–water partition coefficient (Wildman–Crippen LogP) is 3.11. The van der Waals surface area contributed by atoms with Crippen LogP contribution in [-0.2, 0) is 20.2 Å². The number of carbonyl (C=O) groups excluding carboxylic acids is 1. The summed E-state index contributed by atoms with van der Waals surface area (Å²) in [5, 5.41) is 3.22. The molecule has 1 heterocycles. The van der Waals surface area contributed by atoms with Crippen molar-refractivity contribution in [3.63, 3.8) is 0 Å². The minimum atomic E-state index is -3.30. The van der Waals surface area contributed by atoms with E-state index in [1.54, 1.807) is 6.07 Å². The number of nitrogens with one attached hydrogen (secondary N) is 2. The van der Waals surface area contributed by atoms with Crippen molar-refractivity contribution >= 4 is 21.6 Å². The zero-order chi connectivity index (χ0) is 21.1. The summed E-state index contributed by atoms with van der Waals surface area (Å²) < 4.78 is 25.7. The molecule has 2 N–H and O–H groups in total. The number of hydrogen-bond acceptors (Lipinski definition) is 4. The van der Waals surface area contributed by atoms with Crippen molar-refractivity contribution in [2.24, 2.45) is 5.92 Å². The second-order valence-corrected chi connectivity index (χ2v) is 10.9. The molecule has 29 heavy (non-hydrogen) atoms. The molecule has 0 spiro atoms. The molecule has 2 atom stereocenters. The number of benzene rings is 1. The Kier molecular flexibility index (Phi) is 6.89. The zero-order valence-corrected chi connectivity index (χ0v) is 18.7. The molecule has 1 saturated heterocycles. The van der Waals surface area contributed by atoms with Crippen LogP contribution < -0.4 is 10.0 Å². The molecule has 6 nitrogen and oxygen atoms in total. The van der Waals surface area contributed by atoms with E-state index in [9.17, 15) is 13.2 Å². The summed E-state index contributed by atoms with van der Waals surface area (Å²) in [4.78, 5) is 14.7. The van der Waals surface area contributed by atoms with Crippen molar-refractivity contribution in [1.29, 1.82) is 0 Å². The molecule has 0 bridgehead atoms. The Labute approximate surface area is 175 Å². The van der Waals surface area contributed by atoms with Gasteiger partial charge in [-0.05, 0) is 54.8 Å². The van der Waals surface area contributed by atoms with Gasteiger partial charge in [-0.25, -0.2) is 8.42 Å². The van der Waals surface area contributed by atoms with Gasteiger partial charge in [-0.2, -0.15) is 0 Å². The van der Waals surface area contributed by atoms with Gasteiger partial charge >= 0.3 is 0 Å². The molecule has 2 fully saturated rings. The molecule has 3 rings (SSSR count). The van der Waals surface area contributed by atoms with Gasteiger partial charge < -0.3 is 5.32 Å². The molecule has 0 aromatic heterocycles. The maximum Gasteiger partial charge on any atom is 0.234 e. The summed E-state index contributed by atoms with van der Waals surface area (Å²) in [6.45, 7) is 6.66. The number of piperidine rings is 1. The van der Waals surface area contributed by atoms with Gasteiger partial charge in [-0.1, -0.05) is 45.2 Å². The van der Waals surface area contributed by atoms with Crippen LogP contribution in [0.15, 0.2) is 24.3 Å². The van der Waals surface area contributed by atoms with Crippen molar-refractivity contribution in [3.8, 4) is 0 Å². The van der Waals surface area contributed by atoms with E-state index in [1.807, 2.05) is 12.1 Å². The van der Waals surface area contributed by atoms with Crippen LogP contribution in [0, 0.1) is 5.92 Å². The van der Waals surface area contributed by atoms with E-state index in [-0.39, 0.29) is 11.3 Å². The first-order valence-corrected chi connectivity index (χ1v) is 12.6. The van der Waals surface area contributed by atoms with Crippen LogP contribution in [-0.4, -0.2) is 51.2 Å². The van der Waals surface area contributed by atoms with E-state index < -0.39 is 10.0 Å². The second kappa shape index (κ2) is 9.04. The average molecular weight is 422 g/mol. The molecule has 2 aliphatic rings. The van der Waals surface area contributed by atoms with E-state index in [2.05, 4.69) is 34.9 Å². The molecule has 1 aromatic rings. The number of rotatable bonds is 6. The molecule has 7 heteroatoms. The van der Waals surface area contributed by atoms with Gasteiger partial charge in [0.2, 0.25) is 15.9 Å². The molecule has 2 unspecified atom stereocenters. The van der Waals surface area contributed by atoms with Gasteiger partial charge in [-0.15, -0.1) is 0 Å². The smallest absolute Gasteiger partial charge is 0.234 e. The minimum absolute atomic E-state index is 0.0501. The summed E-state index contributed by atoms with van der Waals surface area (Å²) in [5.41, 5.74) is 1.70. The van der Waals surface area contributed by atoms with Crippen LogP contribution in [0.4, 0.5) is 5.69 Å². The number of carbonyl (C=O) groups is 1. The van der Waals surface area contributed by atoms with Gasteiger partial charge in [-0.3, -0.25) is 14.4 Å². The highest BCUT2D eigenvalue weighted by molar-refractivity contribution is 7.92. The summed E-state index contributed by atoms with van der Waals surface area (Å²) in [7, 11) is -3.30. The van der Waals surface area contributed by atoms with E-state index in [1.165, 1.54) is 25.5 Å². The summed E-state index contributed by atoms with van der Waals surface area (Å²) in [6, 6.07) is 8.07. The zero-order valence-electron chi connectivity index (χ0n) is 17.9. The van der Waals surface area contributed by atoms with E-state index in [4.69, 9.17) is 0 Å². The third-order valence-corrected chi connectivity index (χ3v) is 7.34. The molecular formula is C22H35N3O3S.